The highest BCUT2D eigenvalue weighted by atomic mass is 79.9. The molecule has 0 amide bonds. The van der Waals surface area contributed by atoms with E-state index in [9.17, 15) is 0 Å². The Morgan fingerprint density at radius 2 is 2.41 bits per heavy atom. The minimum absolute atomic E-state index is 0.267. The molecule has 1 unspecified atom stereocenters. The number of hydrogen-bond donors (Lipinski definition) is 1. The molecule has 0 aromatic carbocycles. The van der Waals surface area contributed by atoms with Crippen LogP contribution < -0.4 is 5.73 Å². The molecule has 0 saturated carbocycles. The first-order valence-electron chi connectivity index (χ1n) is 5.48. The summed E-state index contributed by atoms with van der Waals surface area (Å²) >= 11 is 5.00. The SMILES string of the molecule is CC(CCCN)c1nc(-c2cc(Br)cs2)no1. The molecule has 0 bridgehead atoms. The minimum atomic E-state index is 0.267. The van der Waals surface area contributed by atoms with E-state index in [1.54, 1.807) is 11.3 Å². The lowest BCUT2D eigenvalue weighted by molar-refractivity contribution is 0.352. The van der Waals surface area contributed by atoms with E-state index in [2.05, 4.69) is 33.0 Å². The van der Waals surface area contributed by atoms with Crippen LogP contribution in [0.25, 0.3) is 10.7 Å². The van der Waals surface area contributed by atoms with Gasteiger partial charge in [0.25, 0.3) is 0 Å². The average Bonchev–Trinajstić information content (AvgIpc) is 2.93. The second-order valence-electron chi connectivity index (χ2n) is 3.92. The van der Waals surface area contributed by atoms with Gasteiger partial charge in [0.1, 0.15) is 0 Å². The van der Waals surface area contributed by atoms with Gasteiger partial charge in [0, 0.05) is 15.8 Å². The first-order valence-corrected chi connectivity index (χ1v) is 7.16. The molecule has 2 N–H and O–H groups in total. The summed E-state index contributed by atoms with van der Waals surface area (Å²) in [5.41, 5.74) is 5.48. The Morgan fingerprint density at radius 1 is 1.59 bits per heavy atom. The molecule has 2 aromatic heterocycles. The van der Waals surface area contributed by atoms with E-state index in [1.165, 1.54) is 0 Å². The monoisotopic (exact) mass is 315 g/mol. The predicted octanol–water partition coefficient (Wildman–Crippen LogP) is 3.40. The number of nitrogens with two attached hydrogens (primary N) is 1. The van der Waals surface area contributed by atoms with Gasteiger partial charge in [-0.2, -0.15) is 4.98 Å². The third-order valence-corrected chi connectivity index (χ3v) is 4.18. The largest absolute Gasteiger partial charge is 0.339 e. The highest BCUT2D eigenvalue weighted by Gasteiger charge is 2.15. The van der Waals surface area contributed by atoms with Gasteiger partial charge in [-0.1, -0.05) is 12.1 Å². The lowest BCUT2D eigenvalue weighted by atomic mass is 10.1. The molecule has 92 valence electrons. The molecule has 2 rings (SSSR count). The number of hydrogen-bond acceptors (Lipinski definition) is 5. The Balaban J connectivity index is 2.10. The average molecular weight is 316 g/mol. The fraction of sp³-hybridized carbons (Fsp3) is 0.455. The Morgan fingerprint density at radius 3 is 3.06 bits per heavy atom. The molecule has 6 heteroatoms. The van der Waals surface area contributed by atoms with Crippen LogP contribution in [0.5, 0.6) is 0 Å². The van der Waals surface area contributed by atoms with Crippen molar-refractivity contribution < 1.29 is 4.52 Å². The zero-order chi connectivity index (χ0) is 12.3. The molecular weight excluding hydrogens is 302 g/mol. The molecule has 0 fully saturated rings. The maximum Gasteiger partial charge on any atom is 0.229 e. The molecule has 0 saturated heterocycles. The molecule has 0 radical (unpaired) electrons. The van der Waals surface area contributed by atoms with Crippen molar-refractivity contribution in [3.63, 3.8) is 0 Å². The van der Waals surface area contributed by atoms with Gasteiger partial charge in [-0.25, -0.2) is 0 Å². The van der Waals surface area contributed by atoms with E-state index >= 15 is 0 Å². The van der Waals surface area contributed by atoms with Gasteiger partial charge in [-0.15, -0.1) is 11.3 Å². The Labute approximate surface area is 112 Å². The van der Waals surface area contributed by atoms with Gasteiger partial charge in [-0.05, 0) is 41.4 Å². The summed E-state index contributed by atoms with van der Waals surface area (Å²) in [6, 6.07) is 1.99. The van der Waals surface area contributed by atoms with E-state index in [-0.39, 0.29) is 5.92 Å². The van der Waals surface area contributed by atoms with Gasteiger partial charge < -0.3 is 10.3 Å². The number of aromatic nitrogens is 2. The van der Waals surface area contributed by atoms with Gasteiger partial charge in [0.05, 0.1) is 4.88 Å². The first-order chi connectivity index (χ1) is 8.20. The maximum absolute atomic E-state index is 5.48. The lowest BCUT2D eigenvalue weighted by Crippen LogP contribution is -2.02. The van der Waals surface area contributed by atoms with E-state index in [0.29, 0.717) is 18.3 Å². The van der Waals surface area contributed by atoms with Gasteiger partial charge >= 0.3 is 0 Å². The summed E-state index contributed by atoms with van der Waals surface area (Å²) in [6.07, 6.45) is 1.95. The summed E-state index contributed by atoms with van der Waals surface area (Å²) in [6.45, 7) is 2.78. The van der Waals surface area contributed by atoms with E-state index < -0.39 is 0 Å². The van der Waals surface area contributed by atoms with Crippen LogP contribution in [0.2, 0.25) is 0 Å². The van der Waals surface area contributed by atoms with E-state index in [1.807, 2.05) is 11.4 Å². The first kappa shape index (κ1) is 12.7. The van der Waals surface area contributed by atoms with Crippen molar-refractivity contribution in [2.75, 3.05) is 6.54 Å². The number of halogens is 1. The van der Waals surface area contributed by atoms with Gasteiger partial charge in [0.2, 0.25) is 11.7 Å². The molecule has 4 nitrogen and oxygen atoms in total. The predicted molar refractivity (Wildman–Crippen MR) is 72.0 cm³/mol. The summed E-state index contributed by atoms with van der Waals surface area (Å²) in [7, 11) is 0. The molecule has 0 aliphatic carbocycles. The van der Waals surface area contributed by atoms with Crippen molar-refractivity contribution in [3.05, 3.63) is 21.8 Å². The highest BCUT2D eigenvalue weighted by molar-refractivity contribution is 9.10. The lowest BCUT2D eigenvalue weighted by Gasteiger charge is -2.03. The second kappa shape index (κ2) is 5.75. The van der Waals surface area contributed by atoms with Crippen LogP contribution in [-0.4, -0.2) is 16.7 Å². The van der Waals surface area contributed by atoms with Crippen molar-refractivity contribution in [3.8, 4) is 10.7 Å². The Kier molecular flexibility index (Phi) is 4.31. The van der Waals surface area contributed by atoms with Crippen LogP contribution in [-0.2, 0) is 0 Å². The standard InChI is InChI=1S/C11H14BrN3OS/c1-7(3-2-4-13)11-14-10(15-16-11)9-5-8(12)6-17-9/h5-7H,2-4,13H2,1H3. The van der Waals surface area contributed by atoms with Crippen molar-refractivity contribution in [2.24, 2.45) is 5.73 Å². The minimum Gasteiger partial charge on any atom is -0.339 e. The van der Waals surface area contributed by atoms with Crippen molar-refractivity contribution >= 4 is 27.3 Å². The Hall–Kier alpha value is -0.720. The zero-order valence-corrected chi connectivity index (χ0v) is 11.9. The molecular formula is C11H14BrN3OS. The van der Waals surface area contributed by atoms with Crippen LogP contribution in [0.3, 0.4) is 0 Å². The van der Waals surface area contributed by atoms with Crippen molar-refractivity contribution in [1.29, 1.82) is 0 Å². The number of rotatable bonds is 5. The van der Waals surface area contributed by atoms with Crippen LogP contribution in [0, 0.1) is 0 Å². The van der Waals surface area contributed by atoms with Crippen LogP contribution in [0.1, 0.15) is 31.6 Å². The van der Waals surface area contributed by atoms with E-state index in [4.69, 9.17) is 10.3 Å². The third-order valence-electron chi connectivity index (χ3n) is 2.49. The highest BCUT2D eigenvalue weighted by Crippen LogP contribution is 2.29. The normalized spacial score (nSPS) is 12.9. The summed E-state index contributed by atoms with van der Waals surface area (Å²) in [5, 5.41) is 6.00. The molecule has 2 aromatic rings. The Bertz CT molecular complexity index is 483. The van der Waals surface area contributed by atoms with Gasteiger partial charge in [-0.3, -0.25) is 0 Å². The molecule has 17 heavy (non-hydrogen) atoms. The summed E-state index contributed by atoms with van der Waals surface area (Å²) in [4.78, 5) is 5.43. The van der Waals surface area contributed by atoms with Crippen molar-refractivity contribution in [1.82, 2.24) is 10.1 Å². The number of thiophene rings is 1. The van der Waals surface area contributed by atoms with E-state index in [0.717, 1.165) is 22.2 Å². The zero-order valence-electron chi connectivity index (χ0n) is 9.52. The summed E-state index contributed by atoms with van der Waals surface area (Å²) < 4.78 is 6.32. The fourth-order valence-electron chi connectivity index (χ4n) is 1.51. The summed E-state index contributed by atoms with van der Waals surface area (Å²) in [5.74, 6) is 1.62. The van der Waals surface area contributed by atoms with Crippen LogP contribution in [0.4, 0.5) is 0 Å². The van der Waals surface area contributed by atoms with Crippen LogP contribution in [0.15, 0.2) is 20.4 Å². The second-order valence-corrected chi connectivity index (χ2v) is 5.74. The molecule has 0 spiro atoms. The van der Waals surface area contributed by atoms with Crippen LogP contribution >= 0.6 is 27.3 Å². The molecule has 2 heterocycles. The third kappa shape index (κ3) is 3.14. The topological polar surface area (TPSA) is 64.9 Å². The molecule has 1 atom stereocenters. The molecule has 0 aliphatic rings. The number of nitrogens with zero attached hydrogens (tertiary/aromatic N) is 2. The quantitative estimate of drug-likeness (QED) is 0.918. The van der Waals surface area contributed by atoms with Gasteiger partial charge in [0.15, 0.2) is 0 Å². The fourth-order valence-corrected chi connectivity index (χ4v) is 2.87. The van der Waals surface area contributed by atoms with Crippen molar-refractivity contribution in [2.45, 2.75) is 25.7 Å². The maximum atomic E-state index is 5.48. The molecule has 0 aliphatic heterocycles. The smallest absolute Gasteiger partial charge is 0.229 e.